The number of pyridine rings is 1. The van der Waals surface area contributed by atoms with E-state index in [0.29, 0.717) is 18.2 Å². The molecule has 33 heavy (non-hydrogen) atoms. The van der Waals surface area contributed by atoms with Crippen molar-refractivity contribution in [3.8, 4) is 0 Å². The topological polar surface area (TPSA) is 72.3 Å². The number of fused-ring (bicyclic) bond motifs is 1. The summed E-state index contributed by atoms with van der Waals surface area (Å²) in [5, 5.41) is 8.62. The first kappa shape index (κ1) is 23.4. The van der Waals surface area contributed by atoms with Crippen molar-refractivity contribution in [2.45, 2.75) is 66.3 Å². The van der Waals surface area contributed by atoms with Crippen LogP contribution in [0.2, 0.25) is 0 Å². The second-order valence-electron chi connectivity index (χ2n) is 9.52. The van der Waals surface area contributed by atoms with E-state index in [1.54, 1.807) is 0 Å². The first-order valence-corrected chi connectivity index (χ1v) is 11.8. The molecule has 0 saturated carbocycles. The third-order valence-corrected chi connectivity index (χ3v) is 6.23. The summed E-state index contributed by atoms with van der Waals surface area (Å²) >= 11 is 0. The molecule has 0 spiro atoms. The number of benzene rings is 1. The van der Waals surface area contributed by atoms with Gasteiger partial charge in [-0.25, -0.2) is 4.98 Å². The van der Waals surface area contributed by atoms with Crippen molar-refractivity contribution in [2.75, 3.05) is 19.7 Å². The standard InChI is InChI=1S/C26H35N5O2/c1-16(2)27-26(32)21-13-24(28-23-10-8-7-9-20(21)23)25-15-30(11-12-33-25)14-22-18(5)29-31(17(3)4)19(22)6/h7-10,13,16-17,25H,11-12,14-15H2,1-6H3,(H,27,32)/t25-/m1/s1. The summed E-state index contributed by atoms with van der Waals surface area (Å²) in [6, 6.07) is 10.1. The van der Waals surface area contributed by atoms with Gasteiger partial charge in [-0.2, -0.15) is 5.10 Å². The van der Waals surface area contributed by atoms with Crippen molar-refractivity contribution >= 4 is 16.8 Å². The van der Waals surface area contributed by atoms with Crippen molar-refractivity contribution < 1.29 is 9.53 Å². The van der Waals surface area contributed by atoms with Crippen LogP contribution in [0.5, 0.6) is 0 Å². The molecule has 176 valence electrons. The lowest BCUT2D eigenvalue weighted by Gasteiger charge is -2.33. The molecule has 4 rings (SSSR count). The van der Waals surface area contributed by atoms with Gasteiger partial charge in [0, 0.05) is 48.4 Å². The van der Waals surface area contributed by atoms with E-state index in [1.165, 1.54) is 11.3 Å². The van der Waals surface area contributed by atoms with Crippen molar-refractivity contribution in [3.63, 3.8) is 0 Å². The Bertz CT molecular complexity index is 1150. The first-order valence-electron chi connectivity index (χ1n) is 11.8. The second kappa shape index (κ2) is 9.61. The molecule has 7 heteroatoms. The van der Waals surface area contributed by atoms with Crippen molar-refractivity contribution in [3.05, 3.63) is 58.5 Å². The molecule has 1 atom stereocenters. The Morgan fingerprint density at radius 2 is 1.97 bits per heavy atom. The summed E-state index contributed by atoms with van der Waals surface area (Å²) in [5.74, 6) is -0.0788. The summed E-state index contributed by atoms with van der Waals surface area (Å²) in [6.07, 6.45) is -0.185. The van der Waals surface area contributed by atoms with E-state index in [-0.39, 0.29) is 18.1 Å². The van der Waals surface area contributed by atoms with E-state index in [0.717, 1.165) is 41.9 Å². The fourth-order valence-electron chi connectivity index (χ4n) is 4.57. The fraction of sp³-hybridized carbons (Fsp3) is 0.500. The van der Waals surface area contributed by atoms with Gasteiger partial charge in [0.2, 0.25) is 0 Å². The molecule has 1 amide bonds. The molecule has 1 fully saturated rings. The van der Waals surface area contributed by atoms with Gasteiger partial charge in [-0.1, -0.05) is 18.2 Å². The van der Waals surface area contributed by atoms with Crippen molar-refractivity contribution in [1.29, 1.82) is 0 Å². The molecule has 1 aliphatic heterocycles. The number of rotatable bonds is 6. The minimum absolute atomic E-state index is 0.0625. The molecular weight excluding hydrogens is 414 g/mol. The van der Waals surface area contributed by atoms with E-state index in [4.69, 9.17) is 14.8 Å². The van der Waals surface area contributed by atoms with Gasteiger partial charge in [0.1, 0.15) is 6.10 Å². The summed E-state index contributed by atoms with van der Waals surface area (Å²) < 4.78 is 8.25. The maximum Gasteiger partial charge on any atom is 0.252 e. The van der Waals surface area contributed by atoms with Crippen LogP contribution in [0.25, 0.3) is 10.9 Å². The van der Waals surface area contributed by atoms with Crippen LogP contribution in [0.3, 0.4) is 0 Å². The lowest BCUT2D eigenvalue weighted by Crippen LogP contribution is -2.38. The molecule has 0 unspecified atom stereocenters. The molecule has 1 aliphatic rings. The number of nitrogens with zero attached hydrogens (tertiary/aromatic N) is 4. The number of carbonyl (C=O) groups is 1. The number of hydrogen-bond acceptors (Lipinski definition) is 5. The van der Waals surface area contributed by atoms with Gasteiger partial charge in [-0.3, -0.25) is 14.4 Å². The van der Waals surface area contributed by atoms with Gasteiger partial charge < -0.3 is 10.1 Å². The Morgan fingerprint density at radius 1 is 1.21 bits per heavy atom. The normalized spacial score (nSPS) is 17.3. The zero-order chi connectivity index (χ0) is 23.7. The SMILES string of the molecule is Cc1nn(C(C)C)c(C)c1CN1CCO[C@@H](c2cc(C(=O)NC(C)C)c3ccccc3n2)C1. The minimum Gasteiger partial charge on any atom is -0.369 e. The van der Waals surface area contributed by atoms with E-state index >= 15 is 0 Å². The van der Waals surface area contributed by atoms with E-state index in [9.17, 15) is 4.79 Å². The van der Waals surface area contributed by atoms with Gasteiger partial charge >= 0.3 is 0 Å². The number of amides is 1. The molecule has 0 radical (unpaired) electrons. The number of para-hydroxylation sites is 1. The first-order chi connectivity index (χ1) is 15.7. The summed E-state index contributed by atoms with van der Waals surface area (Å²) in [5.41, 5.74) is 5.86. The third-order valence-electron chi connectivity index (χ3n) is 6.23. The third kappa shape index (κ3) is 4.94. The molecule has 1 aromatic carbocycles. The maximum absolute atomic E-state index is 12.9. The zero-order valence-electron chi connectivity index (χ0n) is 20.6. The van der Waals surface area contributed by atoms with Crippen LogP contribution < -0.4 is 5.32 Å². The van der Waals surface area contributed by atoms with Crippen molar-refractivity contribution in [1.82, 2.24) is 25.0 Å². The number of aryl methyl sites for hydroxylation is 1. The van der Waals surface area contributed by atoms with Crippen LogP contribution in [-0.4, -0.2) is 51.3 Å². The molecule has 7 nitrogen and oxygen atoms in total. The number of ether oxygens (including phenoxy) is 1. The predicted octanol–water partition coefficient (Wildman–Crippen LogP) is 4.34. The van der Waals surface area contributed by atoms with Crippen LogP contribution in [0.1, 0.15) is 72.8 Å². The predicted molar refractivity (Wildman–Crippen MR) is 130 cm³/mol. The van der Waals surface area contributed by atoms with E-state index < -0.39 is 0 Å². The van der Waals surface area contributed by atoms with Crippen molar-refractivity contribution in [2.24, 2.45) is 0 Å². The highest BCUT2D eigenvalue weighted by molar-refractivity contribution is 6.06. The van der Waals surface area contributed by atoms with Gasteiger partial charge in [0.15, 0.2) is 0 Å². The lowest BCUT2D eigenvalue weighted by molar-refractivity contribution is -0.0349. The van der Waals surface area contributed by atoms with E-state index in [1.807, 2.05) is 44.2 Å². The summed E-state index contributed by atoms with van der Waals surface area (Å²) in [6.45, 7) is 15.5. The highest BCUT2D eigenvalue weighted by atomic mass is 16.5. The smallest absolute Gasteiger partial charge is 0.252 e. The van der Waals surface area contributed by atoms with Crippen LogP contribution >= 0.6 is 0 Å². The average molecular weight is 450 g/mol. The summed E-state index contributed by atoms with van der Waals surface area (Å²) in [7, 11) is 0. The zero-order valence-corrected chi connectivity index (χ0v) is 20.6. The molecular formula is C26H35N5O2. The summed E-state index contributed by atoms with van der Waals surface area (Å²) in [4.78, 5) is 20.2. The van der Waals surface area contributed by atoms with Gasteiger partial charge in [0.25, 0.3) is 5.91 Å². The second-order valence-corrected chi connectivity index (χ2v) is 9.52. The Morgan fingerprint density at radius 3 is 2.67 bits per heavy atom. The quantitative estimate of drug-likeness (QED) is 0.606. The largest absolute Gasteiger partial charge is 0.369 e. The Kier molecular flexibility index (Phi) is 6.81. The molecule has 3 aromatic rings. The van der Waals surface area contributed by atoms with E-state index in [2.05, 4.69) is 42.6 Å². The molecule has 2 aromatic heterocycles. The molecule has 1 saturated heterocycles. The Labute approximate surface area is 196 Å². The monoisotopic (exact) mass is 449 g/mol. The lowest BCUT2D eigenvalue weighted by atomic mass is 10.0. The highest BCUT2D eigenvalue weighted by Crippen LogP contribution is 2.28. The maximum atomic E-state index is 12.9. The minimum atomic E-state index is -0.185. The Hall–Kier alpha value is -2.77. The van der Waals surface area contributed by atoms with Gasteiger partial charge in [0.05, 0.1) is 29.1 Å². The molecule has 3 heterocycles. The number of morpholine rings is 1. The number of nitrogens with one attached hydrogen (secondary N) is 1. The highest BCUT2D eigenvalue weighted by Gasteiger charge is 2.27. The average Bonchev–Trinajstić information content (AvgIpc) is 3.06. The van der Waals surface area contributed by atoms with Gasteiger partial charge in [-0.15, -0.1) is 0 Å². The molecule has 0 aliphatic carbocycles. The van der Waals surface area contributed by atoms with Crippen LogP contribution in [0.4, 0.5) is 0 Å². The fourth-order valence-corrected chi connectivity index (χ4v) is 4.57. The number of carbonyl (C=O) groups excluding carboxylic acids is 1. The van der Waals surface area contributed by atoms with Gasteiger partial charge in [-0.05, 0) is 53.7 Å². The molecule has 1 N–H and O–H groups in total. The number of hydrogen-bond donors (Lipinski definition) is 1. The van der Waals surface area contributed by atoms with Crippen LogP contribution in [0, 0.1) is 13.8 Å². The number of aromatic nitrogens is 3. The Balaban J connectivity index is 1.61. The van der Waals surface area contributed by atoms with Crippen LogP contribution in [-0.2, 0) is 11.3 Å². The van der Waals surface area contributed by atoms with Crippen LogP contribution in [0.15, 0.2) is 30.3 Å². The molecule has 0 bridgehead atoms.